The molecule has 1 rings (SSSR count). The molecule has 0 aliphatic rings. The van der Waals surface area contributed by atoms with Gasteiger partial charge in [-0.1, -0.05) is 17.7 Å². The molecule has 0 aromatic heterocycles. The Morgan fingerprint density at radius 3 is 2.75 bits per heavy atom. The van der Waals surface area contributed by atoms with E-state index in [1.54, 1.807) is 6.07 Å². The Bertz CT molecular complexity index is 415. The van der Waals surface area contributed by atoms with Gasteiger partial charge in [-0.2, -0.15) is 5.26 Å². The maximum Gasteiger partial charge on any atom is 0.276 e. The predicted molar refractivity (Wildman–Crippen MR) is 58.7 cm³/mol. The minimum Gasteiger partial charge on any atom is -0.378 e. The summed E-state index contributed by atoms with van der Waals surface area (Å²) < 4.78 is 25.7. The van der Waals surface area contributed by atoms with Gasteiger partial charge in [0.15, 0.2) is 0 Å². The van der Waals surface area contributed by atoms with E-state index in [1.807, 2.05) is 6.07 Å². The highest BCUT2D eigenvalue weighted by Crippen LogP contribution is 2.24. The molecular weight excluding hydrogens is 236 g/mol. The Morgan fingerprint density at radius 2 is 2.19 bits per heavy atom. The molecule has 0 heterocycles. The number of anilines is 1. The lowest BCUT2D eigenvalue weighted by molar-refractivity contribution is 0.0254. The molecule has 0 radical (unpaired) electrons. The fraction of sp³-hybridized carbons (Fsp3) is 0.300. The van der Waals surface area contributed by atoms with Crippen LogP contribution < -0.4 is 11.1 Å². The molecule has 1 aromatic carbocycles. The number of nitrogens with one attached hydrogen (secondary N) is 1. The van der Waals surface area contributed by atoms with E-state index in [2.05, 4.69) is 5.32 Å². The molecular formula is C10H10ClF2N3. The van der Waals surface area contributed by atoms with E-state index >= 15 is 0 Å². The highest BCUT2D eigenvalue weighted by molar-refractivity contribution is 6.32. The third-order valence-corrected chi connectivity index (χ3v) is 2.28. The van der Waals surface area contributed by atoms with Crippen LogP contribution in [0.2, 0.25) is 5.02 Å². The van der Waals surface area contributed by atoms with Crippen LogP contribution in [-0.2, 0) is 0 Å². The van der Waals surface area contributed by atoms with Crippen LogP contribution in [0.5, 0.6) is 0 Å². The lowest BCUT2D eigenvalue weighted by Crippen LogP contribution is -2.35. The summed E-state index contributed by atoms with van der Waals surface area (Å²) in [4.78, 5) is 0. The molecule has 1 aromatic rings. The van der Waals surface area contributed by atoms with Crippen LogP contribution in [0.4, 0.5) is 14.5 Å². The van der Waals surface area contributed by atoms with Gasteiger partial charge < -0.3 is 11.1 Å². The summed E-state index contributed by atoms with van der Waals surface area (Å²) in [6.07, 6.45) is 0. The van der Waals surface area contributed by atoms with Gasteiger partial charge in [-0.3, -0.25) is 0 Å². The van der Waals surface area contributed by atoms with Crippen LogP contribution >= 0.6 is 11.6 Å². The average Bonchev–Trinajstić information content (AvgIpc) is 2.26. The van der Waals surface area contributed by atoms with Crippen molar-refractivity contribution in [2.24, 2.45) is 5.73 Å². The summed E-state index contributed by atoms with van der Waals surface area (Å²) in [5.41, 5.74) is 5.32. The average molecular weight is 246 g/mol. The highest BCUT2D eigenvalue weighted by Gasteiger charge is 2.26. The van der Waals surface area contributed by atoms with Crippen molar-refractivity contribution in [3.63, 3.8) is 0 Å². The first-order valence-corrected chi connectivity index (χ1v) is 4.88. The van der Waals surface area contributed by atoms with Crippen molar-refractivity contribution in [3.8, 4) is 6.07 Å². The van der Waals surface area contributed by atoms with Crippen molar-refractivity contribution in [2.45, 2.75) is 5.92 Å². The summed E-state index contributed by atoms with van der Waals surface area (Å²) in [5.74, 6) is -3.00. The van der Waals surface area contributed by atoms with Crippen LogP contribution in [-0.4, -0.2) is 19.0 Å². The minimum atomic E-state index is -3.00. The molecule has 0 spiro atoms. The minimum absolute atomic E-state index is 0.150. The van der Waals surface area contributed by atoms with Crippen molar-refractivity contribution in [3.05, 3.63) is 28.8 Å². The lowest BCUT2D eigenvalue weighted by atomic mass is 10.2. The Kier molecular flexibility index (Phi) is 4.05. The number of nitrogens with zero attached hydrogens (tertiary/aromatic N) is 1. The quantitative estimate of drug-likeness (QED) is 0.855. The van der Waals surface area contributed by atoms with Gasteiger partial charge >= 0.3 is 0 Å². The molecule has 0 bridgehead atoms. The smallest absolute Gasteiger partial charge is 0.276 e. The van der Waals surface area contributed by atoms with E-state index in [-0.39, 0.29) is 16.3 Å². The van der Waals surface area contributed by atoms with E-state index in [9.17, 15) is 8.78 Å². The number of benzene rings is 1. The van der Waals surface area contributed by atoms with E-state index in [0.717, 1.165) is 0 Å². The number of alkyl halides is 2. The van der Waals surface area contributed by atoms with Crippen LogP contribution in [0.25, 0.3) is 0 Å². The number of rotatable bonds is 4. The number of nitriles is 1. The van der Waals surface area contributed by atoms with Crippen LogP contribution in [0.1, 0.15) is 5.56 Å². The molecule has 0 saturated heterocycles. The third-order valence-electron chi connectivity index (χ3n) is 1.96. The van der Waals surface area contributed by atoms with Crippen molar-refractivity contribution in [1.29, 1.82) is 5.26 Å². The SMILES string of the molecule is N#Cc1c(Cl)cccc1NCC(F)(F)CN. The third kappa shape index (κ3) is 3.05. The molecule has 6 heteroatoms. The zero-order valence-corrected chi connectivity index (χ0v) is 9.06. The van der Waals surface area contributed by atoms with E-state index < -0.39 is 19.0 Å². The van der Waals surface area contributed by atoms with E-state index in [4.69, 9.17) is 22.6 Å². The zero-order chi connectivity index (χ0) is 12.2. The maximum atomic E-state index is 12.9. The zero-order valence-electron chi connectivity index (χ0n) is 8.30. The fourth-order valence-corrected chi connectivity index (χ4v) is 1.30. The second-order valence-corrected chi connectivity index (χ2v) is 3.60. The summed E-state index contributed by atoms with van der Waals surface area (Å²) in [6.45, 7) is -1.37. The molecule has 0 saturated carbocycles. The predicted octanol–water partition coefficient (Wildman–Crippen LogP) is 2.22. The van der Waals surface area contributed by atoms with Gasteiger partial charge in [0.2, 0.25) is 0 Å². The van der Waals surface area contributed by atoms with Crippen LogP contribution in [0.15, 0.2) is 18.2 Å². The molecule has 3 N–H and O–H groups in total. The Labute approximate surface area is 96.8 Å². The number of halogens is 3. The Morgan fingerprint density at radius 1 is 1.50 bits per heavy atom. The second kappa shape index (κ2) is 5.10. The van der Waals surface area contributed by atoms with Gasteiger partial charge in [-0.25, -0.2) is 8.78 Å². The van der Waals surface area contributed by atoms with E-state index in [0.29, 0.717) is 0 Å². The summed E-state index contributed by atoms with van der Waals surface area (Å²) in [7, 11) is 0. The number of nitrogens with two attached hydrogens (primary N) is 1. The van der Waals surface area contributed by atoms with Crippen molar-refractivity contribution in [2.75, 3.05) is 18.4 Å². The van der Waals surface area contributed by atoms with E-state index in [1.165, 1.54) is 12.1 Å². The van der Waals surface area contributed by atoms with Crippen LogP contribution in [0, 0.1) is 11.3 Å². The molecule has 0 unspecified atom stereocenters. The standard InChI is InChI=1S/C10H10ClF2N3/c11-8-2-1-3-9(7(8)4-14)16-6-10(12,13)5-15/h1-3,16H,5-6,15H2. The Balaban J connectivity index is 2.83. The molecule has 0 fully saturated rings. The van der Waals surface area contributed by atoms with Gasteiger partial charge in [-0.15, -0.1) is 0 Å². The van der Waals surface area contributed by atoms with Gasteiger partial charge in [0.05, 0.1) is 29.4 Å². The lowest BCUT2D eigenvalue weighted by Gasteiger charge is -2.16. The maximum absolute atomic E-state index is 12.9. The first kappa shape index (κ1) is 12.7. The van der Waals surface area contributed by atoms with Gasteiger partial charge in [0.25, 0.3) is 5.92 Å². The largest absolute Gasteiger partial charge is 0.378 e. The highest BCUT2D eigenvalue weighted by atomic mass is 35.5. The summed E-state index contributed by atoms with van der Waals surface area (Å²) in [6, 6.07) is 6.45. The van der Waals surface area contributed by atoms with Crippen molar-refractivity contribution in [1.82, 2.24) is 0 Å². The van der Waals surface area contributed by atoms with Gasteiger partial charge in [-0.05, 0) is 12.1 Å². The number of hydrogen-bond acceptors (Lipinski definition) is 3. The first-order chi connectivity index (χ1) is 7.50. The van der Waals surface area contributed by atoms with Crippen molar-refractivity contribution < 1.29 is 8.78 Å². The normalized spacial score (nSPS) is 10.9. The second-order valence-electron chi connectivity index (χ2n) is 3.19. The monoisotopic (exact) mass is 245 g/mol. The van der Waals surface area contributed by atoms with Gasteiger partial charge in [0.1, 0.15) is 6.07 Å². The summed E-state index contributed by atoms with van der Waals surface area (Å²) >= 11 is 5.74. The van der Waals surface area contributed by atoms with Gasteiger partial charge in [0, 0.05) is 0 Å². The molecule has 86 valence electrons. The topological polar surface area (TPSA) is 61.8 Å². The molecule has 0 aliphatic carbocycles. The molecule has 16 heavy (non-hydrogen) atoms. The number of hydrogen-bond donors (Lipinski definition) is 2. The fourth-order valence-electron chi connectivity index (χ4n) is 1.08. The van der Waals surface area contributed by atoms with Crippen molar-refractivity contribution >= 4 is 17.3 Å². The Hall–Kier alpha value is -1.38. The first-order valence-electron chi connectivity index (χ1n) is 4.50. The van der Waals surface area contributed by atoms with Crippen LogP contribution in [0.3, 0.4) is 0 Å². The molecule has 3 nitrogen and oxygen atoms in total. The molecule has 0 amide bonds. The summed E-state index contributed by atoms with van der Waals surface area (Å²) in [5, 5.41) is 11.5. The molecule has 0 atom stereocenters. The molecule has 0 aliphatic heterocycles.